The van der Waals surface area contributed by atoms with Gasteiger partial charge in [0, 0.05) is 30.4 Å². The van der Waals surface area contributed by atoms with E-state index in [0.717, 1.165) is 18.2 Å². The van der Waals surface area contributed by atoms with E-state index in [9.17, 15) is 4.39 Å². The van der Waals surface area contributed by atoms with Crippen molar-refractivity contribution in [1.82, 2.24) is 4.90 Å². The molecule has 1 aromatic rings. The zero-order valence-electron chi connectivity index (χ0n) is 12.1. The minimum atomic E-state index is -0.282. The van der Waals surface area contributed by atoms with E-state index in [0.29, 0.717) is 18.4 Å². The van der Waals surface area contributed by atoms with Crippen molar-refractivity contribution in [2.24, 2.45) is 0 Å². The number of fused-ring (bicyclic) bond motifs is 1. The largest absolute Gasteiger partial charge is 0.491 e. The molecular weight excluding hydrogens is 255 g/mol. The second-order valence-electron chi connectivity index (χ2n) is 5.78. The van der Waals surface area contributed by atoms with Crippen LogP contribution in [0.4, 0.5) is 10.1 Å². The molecule has 2 heterocycles. The fourth-order valence-electron chi connectivity index (χ4n) is 3.45. The summed E-state index contributed by atoms with van der Waals surface area (Å²) in [4.78, 5) is 2.59. The maximum absolute atomic E-state index is 13.8. The van der Waals surface area contributed by atoms with Crippen LogP contribution in [0.25, 0.3) is 0 Å². The second kappa shape index (κ2) is 6.00. The maximum atomic E-state index is 13.8. The lowest BCUT2D eigenvalue weighted by Gasteiger charge is -2.35. The summed E-state index contributed by atoms with van der Waals surface area (Å²) in [5.74, 6) is 0.0545. The van der Waals surface area contributed by atoms with Gasteiger partial charge in [0.05, 0.1) is 6.61 Å². The highest BCUT2D eigenvalue weighted by molar-refractivity contribution is 5.48. The number of halogens is 1. The highest BCUT2D eigenvalue weighted by atomic mass is 19.1. The van der Waals surface area contributed by atoms with E-state index in [4.69, 9.17) is 4.74 Å². The summed E-state index contributed by atoms with van der Waals surface area (Å²) in [6.07, 6.45) is 4.96. The lowest BCUT2D eigenvalue weighted by molar-refractivity contribution is 0.188. The number of hydrogen-bond acceptors (Lipinski definition) is 3. The summed E-state index contributed by atoms with van der Waals surface area (Å²) in [5, 5.41) is 3.48. The van der Waals surface area contributed by atoms with Gasteiger partial charge >= 0.3 is 0 Å². The van der Waals surface area contributed by atoms with Crippen LogP contribution in [0.5, 0.6) is 5.75 Å². The van der Waals surface area contributed by atoms with E-state index in [1.807, 2.05) is 13.0 Å². The van der Waals surface area contributed by atoms with E-state index in [1.165, 1.54) is 32.4 Å². The van der Waals surface area contributed by atoms with Gasteiger partial charge in [-0.05, 0) is 51.3 Å². The number of nitrogens with one attached hydrogen (secondary N) is 1. The number of nitrogens with zero attached hydrogens (tertiary/aromatic N) is 1. The van der Waals surface area contributed by atoms with Crippen LogP contribution < -0.4 is 10.1 Å². The van der Waals surface area contributed by atoms with E-state index in [2.05, 4.69) is 10.2 Å². The summed E-state index contributed by atoms with van der Waals surface area (Å²) in [6.45, 7) is 4.78. The van der Waals surface area contributed by atoms with Gasteiger partial charge in [-0.1, -0.05) is 0 Å². The Balaban J connectivity index is 1.61. The van der Waals surface area contributed by atoms with Gasteiger partial charge in [0.2, 0.25) is 0 Å². The van der Waals surface area contributed by atoms with Gasteiger partial charge in [0.1, 0.15) is 0 Å². The van der Waals surface area contributed by atoms with E-state index in [-0.39, 0.29) is 5.82 Å². The Bertz CT molecular complexity index is 466. The van der Waals surface area contributed by atoms with Crippen molar-refractivity contribution >= 4 is 5.69 Å². The molecule has 0 aliphatic carbocycles. The molecular formula is C16H23FN2O. The molecule has 2 aliphatic heterocycles. The summed E-state index contributed by atoms with van der Waals surface area (Å²) in [5.41, 5.74) is 0.863. The fourth-order valence-corrected chi connectivity index (χ4v) is 3.45. The molecule has 1 aromatic carbocycles. The predicted molar refractivity (Wildman–Crippen MR) is 78.8 cm³/mol. The first-order chi connectivity index (χ1) is 9.76. The van der Waals surface area contributed by atoms with Crippen molar-refractivity contribution < 1.29 is 9.13 Å². The monoisotopic (exact) mass is 278 g/mol. The molecule has 20 heavy (non-hydrogen) atoms. The molecule has 110 valence electrons. The van der Waals surface area contributed by atoms with Gasteiger partial charge in [0.15, 0.2) is 11.6 Å². The number of rotatable bonds is 4. The minimum Gasteiger partial charge on any atom is -0.491 e. The van der Waals surface area contributed by atoms with Crippen molar-refractivity contribution in [1.29, 1.82) is 0 Å². The third-order valence-electron chi connectivity index (χ3n) is 4.42. The molecule has 4 heteroatoms. The molecule has 2 aliphatic rings. The van der Waals surface area contributed by atoms with Gasteiger partial charge in [-0.25, -0.2) is 4.39 Å². The lowest BCUT2D eigenvalue weighted by Crippen LogP contribution is -2.42. The standard InChI is InChI=1S/C16H23FN2O/c1-2-20-16-6-5-12(11-15(16)17)18-13-7-9-19-8-3-4-14(19)10-13/h5-6,11,13-14,18H,2-4,7-10H2,1H3. The number of hydrogen-bond donors (Lipinski definition) is 1. The van der Waals surface area contributed by atoms with Gasteiger partial charge in [-0.15, -0.1) is 0 Å². The summed E-state index contributed by atoms with van der Waals surface area (Å²) < 4.78 is 19.1. The molecule has 3 nitrogen and oxygen atoms in total. The average molecular weight is 278 g/mol. The minimum absolute atomic E-state index is 0.282. The molecule has 2 atom stereocenters. The number of benzene rings is 1. The van der Waals surface area contributed by atoms with Gasteiger partial charge in [-0.3, -0.25) is 0 Å². The molecule has 0 aromatic heterocycles. The summed E-state index contributed by atoms with van der Waals surface area (Å²) in [7, 11) is 0. The van der Waals surface area contributed by atoms with Crippen LogP contribution in [0.2, 0.25) is 0 Å². The smallest absolute Gasteiger partial charge is 0.167 e. The van der Waals surface area contributed by atoms with Crippen LogP contribution in [-0.4, -0.2) is 36.7 Å². The van der Waals surface area contributed by atoms with Crippen molar-refractivity contribution in [3.05, 3.63) is 24.0 Å². The Morgan fingerprint density at radius 2 is 2.25 bits per heavy atom. The number of piperidine rings is 1. The first kappa shape index (κ1) is 13.7. The van der Waals surface area contributed by atoms with Gasteiger partial charge in [0.25, 0.3) is 0 Å². The lowest BCUT2D eigenvalue weighted by atomic mass is 9.97. The normalized spacial score (nSPS) is 26.3. The van der Waals surface area contributed by atoms with Crippen molar-refractivity contribution in [2.75, 3.05) is 25.0 Å². The van der Waals surface area contributed by atoms with Crippen molar-refractivity contribution in [3.8, 4) is 5.75 Å². The van der Waals surface area contributed by atoms with Crippen molar-refractivity contribution in [3.63, 3.8) is 0 Å². The summed E-state index contributed by atoms with van der Waals surface area (Å²) in [6, 6.07) is 6.37. The second-order valence-corrected chi connectivity index (χ2v) is 5.78. The Morgan fingerprint density at radius 1 is 1.35 bits per heavy atom. The van der Waals surface area contributed by atoms with Gasteiger partial charge in [-0.2, -0.15) is 0 Å². The van der Waals surface area contributed by atoms with Crippen LogP contribution in [0.1, 0.15) is 32.6 Å². The molecule has 2 unspecified atom stereocenters. The zero-order chi connectivity index (χ0) is 13.9. The number of anilines is 1. The van der Waals surface area contributed by atoms with E-state index >= 15 is 0 Å². The van der Waals surface area contributed by atoms with Gasteiger partial charge < -0.3 is 15.0 Å². The quantitative estimate of drug-likeness (QED) is 0.915. The SMILES string of the molecule is CCOc1ccc(NC2CCN3CCCC3C2)cc1F. The Kier molecular flexibility index (Phi) is 4.10. The van der Waals surface area contributed by atoms with Crippen LogP contribution >= 0.6 is 0 Å². The Morgan fingerprint density at radius 3 is 3.05 bits per heavy atom. The first-order valence-corrected chi connectivity index (χ1v) is 7.69. The summed E-state index contributed by atoms with van der Waals surface area (Å²) >= 11 is 0. The molecule has 2 fully saturated rings. The fraction of sp³-hybridized carbons (Fsp3) is 0.625. The topological polar surface area (TPSA) is 24.5 Å². The van der Waals surface area contributed by atoms with E-state index < -0.39 is 0 Å². The molecule has 0 amide bonds. The van der Waals surface area contributed by atoms with Crippen LogP contribution in [0.3, 0.4) is 0 Å². The zero-order valence-corrected chi connectivity index (χ0v) is 12.1. The first-order valence-electron chi connectivity index (χ1n) is 7.69. The third-order valence-corrected chi connectivity index (χ3v) is 4.42. The highest BCUT2D eigenvalue weighted by Gasteiger charge is 2.31. The Hall–Kier alpha value is -1.29. The van der Waals surface area contributed by atoms with Crippen LogP contribution in [0.15, 0.2) is 18.2 Å². The van der Waals surface area contributed by atoms with Crippen LogP contribution in [0, 0.1) is 5.82 Å². The molecule has 0 bridgehead atoms. The maximum Gasteiger partial charge on any atom is 0.167 e. The molecule has 2 saturated heterocycles. The van der Waals surface area contributed by atoms with Crippen LogP contribution in [-0.2, 0) is 0 Å². The number of ether oxygens (including phenoxy) is 1. The molecule has 0 spiro atoms. The molecule has 1 N–H and O–H groups in total. The van der Waals surface area contributed by atoms with E-state index in [1.54, 1.807) is 12.1 Å². The molecule has 0 saturated carbocycles. The molecule has 3 rings (SSSR count). The Labute approximate surface area is 120 Å². The predicted octanol–water partition coefficient (Wildman–Crippen LogP) is 3.26. The van der Waals surface area contributed by atoms with Crippen molar-refractivity contribution in [2.45, 2.75) is 44.7 Å². The average Bonchev–Trinajstić information content (AvgIpc) is 2.89. The third kappa shape index (κ3) is 2.90. The molecule has 0 radical (unpaired) electrons. The highest BCUT2D eigenvalue weighted by Crippen LogP contribution is 2.29.